The monoisotopic (exact) mass is 528 g/mol. The first kappa shape index (κ1) is 24.5. The van der Waals surface area contributed by atoms with Gasteiger partial charge in [0.25, 0.3) is 16.8 Å². The highest BCUT2D eigenvalue weighted by Crippen LogP contribution is 2.34. The number of rotatable bonds is 6. The largest absolute Gasteiger partial charge is 0.423 e. The van der Waals surface area contributed by atoms with Gasteiger partial charge in [-0.3, -0.25) is 24.6 Å². The van der Waals surface area contributed by atoms with Crippen LogP contribution in [0.5, 0.6) is 5.75 Å². The van der Waals surface area contributed by atoms with Crippen LogP contribution in [0.1, 0.15) is 21.5 Å². The number of benzene rings is 3. The summed E-state index contributed by atoms with van der Waals surface area (Å²) in [6.45, 7) is 0.00213. The molecule has 0 atom stereocenters. The summed E-state index contributed by atoms with van der Waals surface area (Å²) in [5.74, 6) is -0.845. The predicted octanol–water partition coefficient (Wildman–Crippen LogP) is 6.36. The first-order valence-corrected chi connectivity index (χ1v) is 11.5. The topological polar surface area (TPSA) is 107 Å². The molecule has 11 heteroatoms. The van der Waals surface area contributed by atoms with Gasteiger partial charge in [0.1, 0.15) is 5.75 Å². The number of nitrogens with zero attached hydrogens (tertiary/aromatic N) is 2. The standard InChI is InChI=1S/C24H14Cl2N2O6S/c25-16-5-10-19(20(26)12-16)23(30)34-18-8-3-14(4-9-18)11-21-22(29)27(24(31)35-21)13-15-1-6-17(7-2-15)28(32)33/h1-12H,13H2/b21-11-. The van der Waals surface area contributed by atoms with E-state index < -0.39 is 22.0 Å². The van der Waals surface area contributed by atoms with Gasteiger partial charge in [-0.15, -0.1) is 0 Å². The molecular formula is C24H14Cl2N2O6S. The van der Waals surface area contributed by atoms with E-state index >= 15 is 0 Å². The Labute approximate surface area is 213 Å². The number of non-ortho nitro benzene ring substituents is 1. The van der Waals surface area contributed by atoms with Gasteiger partial charge in [0.05, 0.1) is 27.0 Å². The molecule has 0 aromatic heterocycles. The molecule has 176 valence electrons. The van der Waals surface area contributed by atoms with Crippen LogP contribution >= 0.6 is 35.0 Å². The fourth-order valence-corrected chi connectivity index (χ4v) is 4.47. The lowest BCUT2D eigenvalue weighted by atomic mass is 10.2. The third-order valence-electron chi connectivity index (χ3n) is 4.90. The fourth-order valence-electron chi connectivity index (χ4n) is 3.14. The van der Waals surface area contributed by atoms with Crippen LogP contribution in [0.25, 0.3) is 6.08 Å². The second-order valence-corrected chi connectivity index (χ2v) is 9.11. The second-order valence-electron chi connectivity index (χ2n) is 7.27. The van der Waals surface area contributed by atoms with Crippen molar-refractivity contribution < 1.29 is 24.0 Å². The number of hydrogen-bond acceptors (Lipinski definition) is 7. The van der Waals surface area contributed by atoms with E-state index in [0.29, 0.717) is 16.1 Å². The van der Waals surface area contributed by atoms with E-state index in [-0.39, 0.29) is 33.5 Å². The molecular weight excluding hydrogens is 515 g/mol. The van der Waals surface area contributed by atoms with Crippen LogP contribution in [0.15, 0.2) is 71.6 Å². The van der Waals surface area contributed by atoms with E-state index in [1.807, 2.05) is 0 Å². The molecule has 1 aliphatic rings. The molecule has 0 spiro atoms. The summed E-state index contributed by atoms with van der Waals surface area (Å²) in [7, 11) is 0. The molecule has 0 N–H and O–H groups in total. The summed E-state index contributed by atoms with van der Waals surface area (Å²) >= 11 is 12.7. The summed E-state index contributed by atoms with van der Waals surface area (Å²) in [5.41, 5.74) is 1.30. The first-order valence-electron chi connectivity index (χ1n) is 9.97. The molecule has 2 amide bonds. The Hall–Kier alpha value is -3.66. The van der Waals surface area contributed by atoms with Crippen molar-refractivity contribution in [1.82, 2.24) is 4.90 Å². The maximum absolute atomic E-state index is 12.7. The van der Waals surface area contributed by atoms with Crippen LogP contribution in [0.3, 0.4) is 0 Å². The number of esters is 1. The molecule has 35 heavy (non-hydrogen) atoms. The zero-order valence-electron chi connectivity index (χ0n) is 17.6. The van der Waals surface area contributed by atoms with Gasteiger partial charge >= 0.3 is 5.97 Å². The second kappa shape index (κ2) is 10.3. The van der Waals surface area contributed by atoms with Gasteiger partial charge in [-0.05, 0) is 59.3 Å². The average Bonchev–Trinajstić information content (AvgIpc) is 3.08. The Morgan fingerprint density at radius 2 is 1.71 bits per heavy atom. The van der Waals surface area contributed by atoms with Crippen molar-refractivity contribution in [3.8, 4) is 5.75 Å². The average molecular weight is 529 g/mol. The van der Waals surface area contributed by atoms with Crippen LogP contribution in [0.4, 0.5) is 10.5 Å². The lowest BCUT2D eigenvalue weighted by Crippen LogP contribution is -2.27. The Morgan fingerprint density at radius 3 is 2.34 bits per heavy atom. The van der Waals surface area contributed by atoms with Crippen molar-refractivity contribution >= 4 is 63.8 Å². The number of nitro groups is 1. The van der Waals surface area contributed by atoms with Gasteiger partial charge in [-0.25, -0.2) is 4.79 Å². The van der Waals surface area contributed by atoms with E-state index in [1.165, 1.54) is 42.5 Å². The number of carbonyl (C=O) groups excluding carboxylic acids is 3. The van der Waals surface area contributed by atoms with E-state index in [9.17, 15) is 24.5 Å². The highest BCUT2D eigenvalue weighted by molar-refractivity contribution is 8.18. The molecule has 4 rings (SSSR count). The highest BCUT2D eigenvalue weighted by atomic mass is 35.5. The summed E-state index contributed by atoms with van der Waals surface area (Å²) in [6, 6.07) is 16.5. The van der Waals surface area contributed by atoms with Gasteiger partial charge < -0.3 is 4.74 Å². The number of ether oxygens (including phenoxy) is 1. The van der Waals surface area contributed by atoms with Crippen molar-refractivity contribution in [2.45, 2.75) is 6.54 Å². The van der Waals surface area contributed by atoms with Gasteiger partial charge in [0, 0.05) is 17.2 Å². The van der Waals surface area contributed by atoms with E-state index in [0.717, 1.165) is 16.7 Å². The third-order valence-corrected chi connectivity index (χ3v) is 6.36. The van der Waals surface area contributed by atoms with Crippen molar-refractivity contribution in [3.05, 3.63) is 108 Å². The molecule has 0 saturated carbocycles. The Kier molecular flexibility index (Phi) is 7.20. The zero-order chi connectivity index (χ0) is 25.1. The van der Waals surface area contributed by atoms with Gasteiger partial charge in [-0.2, -0.15) is 0 Å². The molecule has 1 heterocycles. The SMILES string of the molecule is O=C(Oc1ccc(/C=C2\SC(=O)N(Cc3ccc([N+](=O)[O-])cc3)C2=O)cc1)c1ccc(Cl)cc1Cl. The van der Waals surface area contributed by atoms with Crippen LogP contribution in [-0.2, 0) is 11.3 Å². The molecule has 0 bridgehead atoms. The van der Waals surface area contributed by atoms with Gasteiger partial charge in [0.2, 0.25) is 0 Å². The minimum absolute atomic E-state index is 0.00213. The summed E-state index contributed by atoms with van der Waals surface area (Å²) in [4.78, 5) is 49.0. The molecule has 0 radical (unpaired) electrons. The van der Waals surface area contributed by atoms with E-state index in [1.54, 1.807) is 30.3 Å². The van der Waals surface area contributed by atoms with Crippen molar-refractivity contribution in [3.63, 3.8) is 0 Å². The quantitative estimate of drug-likeness (QED) is 0.120. The molecule has 0 unspecified atom stereocenters. The summed E-state index contributed by atoms with van der Waals surface area (Å²) in [5, 5.41) is 10.9. The smallest absolute Gasteiger partial charge is 0.345 e. The normalized spacial score (nSPS) is 14.5. The number of halogens is 2. The van der Waals surface area contributed by atoms with Gasteiger partial charge in [0.15, 0.2) is 0 Å². The number of imide groups is 1. The van der Waals surface area contributed by atoms with Crippen molar-refractivity contribution in [1.29, 1.82) is 0 Å². The fraction of sp³-hybridized carbons (Fsp3) is 0.0417. The highest BCUT2D eigenvalue weighted by Gasteiger charge is 2.35. The van der Waals surface area contributed by atoms with Crippen LogP contribution in [-0.4, -0.2) is 26.9 Å². The van der Waals surface area contributed by atoms with Crippen LogP contribution in [0, 0.1) is 10.1 Å². The Balaban J connectivity index is 1.43. The molecule has 3 aromatic rings. The number of nitro benzene ring substituents is 1. The molecule has 1 aliphatic heterocycles. The maximum atomic E-state index is 12.7. The Bertz CT molecular complexity index is 1370. The zero-order valence-corrected chi connectivity index (χ0v) is 20.0. The lowest BCUT2D eigenvalue weighted by Gasteiger charge is -2.12. The molecule has 3 aromatic carbocycles. The summed E-state index contributed by atoms with van der Waals surface area (Å²) in [6.07, 6.45) is 1.56. The number of thioether (sulfide) groups is 1. The number of amides is 2. The van der Waals surface area contributed by atoms with Crippen LogP contribution < -0.4 is 4.74 Å². The van der Waals surface area contributed by atoms with E-state index in [2.05, 4.69) is 0 Å². The maximum Gasteiger partial charge on any atom is 0.345 e. The molecule has 8 nitrogen and oxygen atoms in total. The minimum atomic E-state index is -0.646. The first-order chi connectivity index (χ1) is 16.7. The van der Waals surface area contributed by atoms with Crippen molar-refractivity contribution in [2.75, 3.05) is 0 Å². The van der Waals surface area contributed by atoms with Crippen LogP contribution in [0.2, 0.25) is 10.0 Å². The molecule has 0 aliphatic carbocycles. The minimum Gasteiger partial charge on any atom is -0.423 e. The molecule has 1 saturated heterocycles. The third kappa shape index (κ3) is 5.71. The number of hydrogen-bond donors (Lipinski definition) is 0. The Morgan fingerprint density at radius 1 is 1.03 bits per heavy atom. The van der Waals surface area contributed by atoms with Gasteiger partial charge in [-0.1, -0.05) is 47.5 Å². The van der Waals surface area contributed by atoms with Crippen molar-refractivity contribution in [2.24, 2.45) is 0 Å². The summed E-state index contributed by atoms with van der Waals surface area (Å²) < 4.78 is 5.33. The lowest BCUT2D eigenvalue weighted by molar-refractivity contribution is -0.384. The van der Waals surface area contributed by atoms with E-state index in [4.69, 9.17) is 27.9 Å². The number of carbonyl (C=O) groups is 3. The predicted molar refractivity (Wildman–Crippen MR) is 132 cm³/mol. The molecule has 1 fully saturated rings.